The Balaban J connectivity index is 1.87. The second-order valence-corrected chi connectivity index (χ2v) is 7.06. The highest BCUT2D eigenvalue weighted by atomic mass is 35.5. The third kappa shape index (κ3) is 7.81. The molecule has 0 bridgehead atoms. The van der Waals surface area contributed by atoms with E-state index in [0.717, 1.165) is 12.0 Å². The predicted molar refractivity (Wildman–Crippen MR) is 119 cm³/mol. The molecule has 0 aliphatic rings. The Bertz CT molecular complexity index is 861. The summed E-state index contributed by atoms with van der Waals surface area (Å²) in [4.78, 5) is 24.6. The Labute approximate surface area is 181 Å². The normalized spacial score (nSPS) is 10.3. The molecule has 3 N–H and O–H groups in total. The van der Waals surface area contributed by atoms with Crippen LogP contribution in [0.15, 0.2) is 48.5 Å². The van der Waals surface area contributed by atoms with Crippen LogP contribution in [0.2, 0.25) is 5.02 Å². The molecular weight excluding hydrogens is 410 g/mol. The zero-order valence-electron chi connectivity index (χ0n) is 16.2. The number of carbonyl (C=O) groups is 2. The number of anilines is 1. The highest BCUT2D eigenvalue weighted by Crippen LogP contribution is 2.17. The number of aryl methyl sites for hydroxylation is 1. The molecule has 0 aliphatic carbocycles. The third-order valence-electron chi connectivity index (χ3n) is 4.06. The van der Waals surface area contributed by atoms with Crippen molar-refractivity contribution in [3.05, 3.63) is 64.7 Å². The third-order valence-corrected chi connectivity index (χ3v) is 4.64. The average Bonchev–Trinajstić information content (AvgIpc) is 2.71. The number of rotatable bonds is 9. The van der Waals surface area contributed by atoms with E-state index in [2.05, 4.69) is 16.0 Å². The van der Waals surface area contributed by atoms with E-state index < -0.39 is 0 Å². The lowest BCUT2D eigenvalue weighted by Gasteiger charge is -2.13. The zero-order valence-corrected chi connectivity index (χ0v) is 17.7. The van der Waals surface area contributed by atoms with Crippen LogP contribution in [0.5, 0.6) is 0 Å². The summed E-state index contributed by atoms with van der Waals surface area (Å²) in [5, 5.41) is 9.15. The van der Waals surface area contributed by atoms with E-state index in [-0.39, 0.29) is 23.3 Å². The molecule has 0 fully saturated rings. The fourth-order valence-corrected chi connectivity index (χ4v) is 3.05. The van der Waals surface area contributed by atoms with Crippen LogP contribution in [-0.4, -0.2) is 37.2 Å². The standard InChI is InChI=1S/C21H24ClN3O3S/c1-28-14-6-13-23-20(27)16-8-3-5-10-18(16)24-21(29)25-19(26)12-11-15-7-2-4-9-17(15)22/h2-5,7-10H,6,11-14H2,1H3,(H,23,27)(H2,24,25,26,29). The molecule has 2 aromatic carbocycles. The summed E-state index contributed by atoms with van der Waals surface area (Å²) in [5.41, 5.74) is 1.87. The Morgan fingerprint density at radius 2 is 1.83 bits per heavy atom. The number of hydrogen-bond donors (Lipinski definition) is 3. The molecule has 0 unspecified atom stereocenters. The predicted octanol–water partition coefficient (Wildman–Crippen LogP) is 3.55. The van der Waals surface area contributed by atoms with E-state index in [0.29, 0.717) is 35.8 Å². The maximum Gasteiger partial charge on any atom is 0.253 e. The van der Waals surface area contributed by atoms with Crippen molar-refractivity contribution in [1.82, 2.24) is 10.6 Å². The zero-order chi connectivity index (χ0) is 21.1. The molecule has 0 saturated heterocycles. The van der Waals surface area contributed by atoms with Gasteiger partial charge in [0.05, 0.1) is 11.3 Å². The second kappa shape index (κ2) is 12.2. The lowest BCUT2D eigenvalue weighted by molar-refractivity contribution is -0.119. The van der Waals surface area contributed by atoms with Gasteiger partial charge in [0.15, 0.2) is 5.11 Å². The number of nitrogens with one attached hydrogen (secondary N) is 3. The largest absolute Gasteiger partial charge is 0.385 e. The Morgan fingerprint density at radius 3 is 2.59 bits per heavy atom. The van der Waals surface area contributed by atoms with Crippen molar-refractivity contribution in [1.29, 1.82) is 0 Å². The summed E-state index contributed by atoms with van der Waals surface area (Å²) in [7, 11) is 1.62. The molecule has 29 heavy (non-hydrogen) atoms. The summed E-state index contributed by atoms with van der Waals surface area (Å²) in [6.45, 7) is 1.08. The maximum absolute atomic E-state index is 12.4. The van der Waals surface area contributed by atoms with Gasteiger partial charge in [-0.3, -0.25) is 9.59 Å². The maximum atomic E-state index is 12.4. The first kappa shape index (κ1) is 22.8. The molecule has 0 aliphatic heterocycles. The van der Waals surface area contributed by atoms with Crippen molar-refractivity contribution in [2.24, 2.45) is 0 Å². The van der Waals surface area contributed by atoms with Crippen molar-refractivity contribution in [2.75, 3.05) is 25.6 Å². The van der Waals surface area contributed by atoms with Crippen molar-refractivity contribution in [3.8, 4) is 0 Å². The van der Waals surface area contributed by atoms with Crippen LogP contribution in [0.4, 0.5) is 5.69 Å². The van der Waals surface area contributed by atoms with Crippen molar-refractivity contribution < 1.29 is 14.3 Å². The number of thiocarbonyl (C=S) groups is 1. The number of hydrogen-bond acceptors (Lipinski definition) is 4. The van der Waals surface area contributed by atoms with Crippen molar-refractivity contribution in [3.63, 3.8) is 0 Å². The Hall–Kier alpha value is -2.48. The molecule has 8 heteroatoms. The van der Waals surface area contributed by atoms with Gasteiger partial charge in [-0.25, -0.2) is 0 Å². The molecule has 0 spiro atoms. The second-order valence-electron chi connectivity index (χ2n) is 6.24. The number of halogens is 1. The molecule has 154 valence electrons. The van der Waals surface area contributed by atoms with E-state index in [1.165, 1.54) is 0 Å². The number of carbonyl (C=O) groups excluding carboxylic acids is 2. The summed E-state index contributed by atoms with van der Waals surface area (Å²) < 4.78 is 4.97. The minimum Gasteiger partial charge on any atom is -0.385 e. The number of ether oxygens (including phenoxy) is 1. The molecule has 0 atom stereocenters. The van der Waals surface area contributed by atoms with Crippen LogP contribution in [0.25, 0.3) is 0 Å². The van der Waals surface area contributed by atoms with Gasteiger partial charge in [-0.05, 0) is 48.8 Å². The van der Waals surface area contributed by atoms with Gasteiger partial charge in [-0.1, -0.05) is 41.9 Å². The quantitative estimate of drug-likeness (QED) is 0.416. The first-order valence-electron chi connectivity index (χ1n) is 9.21. The van der Waals surface area contributed by atoms with Crippen LogP contribution in [-0.2, 0) is 16.0 Å². The van der Waals surface area contributed by atoms with Gasteiger partial charge >= 0.3 is 0 Å². The minimum atomic E-state index is -0.232. The molecule has 0 aromatic heterocycles. The van der Waals surface area contributed by atoms with Crippen LogP contribution < -0.4 is 16.0 Å². The Morgan fingerprint density at radius 1 is 1.10 bits per heavy atom. The van der Waals surface area contributed by atoms with Crippen LogP contribution >= 0.6 is 23.8 Å². The lowest BCUT2D eigenvalue weighted by atomic mass is 10.1. The van der Waals surface area contributed by atoms with E-state index in [1.54, 1.807) is 37.4 Å². The summed E-state index contributed by atoms with van der Waals surface area (Å²) in [6, 6.07) is 14.4. The molecule has 0 heterocycles. The molecule has 2 rings (SSSR count). The molecule has 0 radical (unpaired) electrons. The van der Waals surface area contributed by atoms with Gasteiger partial charge in [0, 0.05) is 31.7 Å². The van der Waals surface area contributed by atoms with Gasteiger partial charge in [-0.15, -0.1) is 0 Å². The van der Waals surface area contributed by atoms with Gasteiger partial charge in [0.2, 0.25) is 5.91 Å². The van der Waals surface area contributed by atoms with Gasteiger partial charge in [-0.2, -0.15) is 0 Å². The summed E-state index contributed by atoms with van der Waals surface area (Å²) in [5.74, 6) is -0.457. The number of methoxy groups -OCH3 is 1. The fraction of sp³-hybridized carbons (Fsp3) is 0.286. The van der Waals surface area contributed by atoms with Crippen LogP contribution in [0.1, 0.15) is 28.8 Å². The topological polar surface area (TPSA) is 79.5 Å². The van der Waals surface area contributed by atoms with E-state index >= 15 is 0 Å². The van der Waals surface area contributed by atoms with Crippen LogP contribution in [0, 0.1) is 0 Å². The number of para-hydroxylation sites is 1. The average molecular weight is 434 g/mol. The summed E-state index contributed by atoms with van der Waals surface area (Å²) >= 11 is 11.3. The molecule has 6 nitrogen and oxygen atoms in total. The molecule has 2 aromatic rings. The highest BCUT2D eigenvalue weighted by molar-refractivity contribution is 7.80. The van der Waals surface area contributed by atoms with Crippen LogP contribution in [0.3, 0.4) is 0 Å². The number of benzene rings is 2. The van der Waals surface area contributed by atoms with E-state index in [1.807, 2.05) is 18.2 Å². The fourth-order valence-electron chi connectivity index (χ4n) is 2.60. The van der Waals surface area contributed by atoms with Crippen molar-refractivity contribution >= 4 is 46.4 Å². The molecule has 0 saturated carbocycles. The number of amides is 2. The Kier molecular flexibility index (Phi) is 9.56. The first-order chi connectivity index (χ1) is 14.0. The lowest BCUT2D eigenvalue weighted by Crippen LogP contribution is -2.35. The minimum absolute atomic E-state index is 0.133. The van der Waals surface area contributed by atoms with E-state index in [9.17, 15) is 9.59 Å². The van der Waals surface area contributed by atoms with E-state index in [4.69, 9.17) is 28.6 Å². The van der Waals surface area contributed by atoms with Gasteiger partial charge in [0.25, 0.3) is 5.91 Å². The highest BCUT2D eigenvalue weighted by Gasteiger charge is 2.13. The first-order valence-corrected chi connectivity index (χ1v) is 10.00. The SMILES string of the molecule is COCCCNC(=O)c1ccccc1NC(=S)NC(=O)CCc1ccccc1Cl. The van der Waals surface area contributed by atoms with Gasteiger partial charge in [0.1, 0.15) is 0 Å². The summed E-state index contributed by atoms with van der Waals surface area (Å²) in [6.07, 6.45) is 1.47. The smallest absolute Gasteiger partial charge is 0.253 e. The van der Waals surface area contributed by atoms with Crippen molar-refractivity contribution in [2.45, 2.75) is 19.3 Å². The van der Waals surface area contributed by atoms with Gasteiger partial charge < -0.3 is 20.7 Å². The molecule has 2 amide bonds. The molecular formula is C21H24ClN3O3S. The monoisotopic (exact) mass is 433 g/mol.